The van der Waals surface area contributed by atoms with Crippen LogP contribution in [0.3, 0.4) is 0 Å². The second-order valence-electron chi connectivity index (χ2n) is 8.74. The van der Waals surface area contributed by atoms with Crippen molar-refractivity contribution in [1.82, 2.24) is 9.80 Å². The van der Waals surface area contributed by atoms with Crippen LogP contribution in [0.25, 0.3) is 6.08 Å². The number of aryl methyl sites for hydroxylation is 1. The van der Waals surface area contributed by atoms with Gasteiger partial charge >= 0.3 is 0 Å². The number of ketones is 1. The molecule has 0 atom stereocenters. The van der Waals surface area contributed by atoms with Gasteiger partial charge in [-0.15, -0.1) is 0 Å². The molecule has 6 nitrogen and oxygen atoms in total. The number of nitrogens with zero attached hydrogens (tertiary/aromatic N) is 2. The summed E-state index contributed by atoms with van der Waals surface area (Å²) in [5, 5.41) is 0. The van der Waals surface area contributed by atoms with Gasteiger partial charge in [-0.25, -0.2) is 0 Å². The number of fused-ring (bicyclic) bond motifs is 3. The van der Waals surface area contributed by atoms with Crippen LogP contribution in [0.5, 0.6) is 11.5 Å². The van der Waals surface area contributed by atoms with E-state index in [1.165, 1.54) is 0 Å². The minimum atomic E-state index is -0.0625. The van der Waals surface area contributed by atoms with Gasteiger partial charge in [0.2, 0.25) is 5.78 Å². The molecule has 3 heterocycles. The number of carbonyl (C=O) groups is 1. The number of ether oxygens (including phenoxy) is 3. The van der Waals surface area contributed by atoms with E-state index in [0.29, 0.717) is 23.8 Å². The van der Waals surface area contributed by atoms with E-state index in [9.17, 15) is 4.79 Å². The largest absolute Gasteiger partial charge is 0.478 e. The molecule has 2 aromatic carbocycles. The summed E-state index contributed by atoms with van der Waals surface area (Å²) >= 11 is 0. The maximum atomic E-state index is 13.1. The van der Waals surface area contributed by atoms with Gasteiger partial charge in [0.1, 0.15) is 18.2 Å². The Morgan fingerprint density at radius 3 is 2.67 bits per heavy atom. The van der Waals surface area contributed by atoms with Crippen LogP contribution in [0.1, 0.15) is 33.5 Å². The zero-order valence-corrected chi connectivity index (χ0v) is 19.1. The Morgan fingerprint density at radius 1 is 1.06 bits per heavy atom. The molecule has 6 heteroatoms. The Bertz CT molecular complexity index is 1070. The Labute approximate surface area is 195 Å². The molecule has 3 aliphatic heterocycles. The van der Waals surface area contributed by atoms with Crippen molar-refractivity contribution in [2.75, 3.05) is 46.1 Å². The van der Waals surface area contributed by atoms with Gasteiger partial charge in [0.25, 0.3) is 0 Å². The summed E-state index contributed by atoms with van der Waals surface area (Å²) in [6.45, 7) is 8.91. The molecule has 0 radical (unpaired) electrons. The number of rotatable bonds is 6. The molecule has 172 valence electrons. The second kappa shape index (κ2) is 9.91. The van der Waals surface area contributed by atoms with Crippen molar-refractivity contribution in [3.05, 3.63) is 76.6 Å². The molecule has 0 bridgehead atoms. The van der Waals surface area contributed by atoms with Gasteiger partial charge in [-0.1, -0.05) is 42.5 Å². The first-order valence-electron chi connectivity index (χ1n) is 11.7. The third-order valence-electron chi connectivity index (χ3n) is 6.38. The first-order valence-corrected chi connectivity index (χ1v) is 11.7. The van der Waals surface area contributed by atoms with Crippen molar-refractivity contribution in [3.8, 4) is 11.5 Å². The average Bonchev–Trinajstić information content (AvgIpc) is 3.18. The number of Topliss-reactive ketones (excluding diaryl/α,β-unsaturated/α-hetero) is 1. The first-order chi connectivity index (χ1) is 16.2. The van der Waals surface area contributed by atoms with Crippen LogP contribution >= 0.6 is 0 Å². The van der Waals surface area contributed by atoms with Gasteiger partial charge in [0.05, 0.1) is 24.3 Å². The van der Waals surface area contributed by atoms with E-state index < -0.39 is 0 Å². The van der Waals surface area contributed by atoms with Crippen LogP contribution in [-0.4, -0.2) is 61.7 Å². The fraction of sp³-hybridized carbons (Fsp3) is 0.370. The number of hydrogen-bond acceptors (Lipinski definition) is 6. The minimum absolute atomic E-state index is 0.0625. The smallest absolute Gasteiger partial charge is 0.232 e. The summed E-state index contributed by atoms with van der Waals surface area (Å²) in [5.41, 5.74) is 3.60. The molecule has 1 fully saturated rings. The lowest BCUT2D eigenvalue weighted by Gasteiger charge is -2.31. The van der Waals surface area contributed by atoms with Gasteiger partial charge in [-0.2, -0.15) is 0 Å². The lowest BCUT2D eigenvalue weighted by molar-refractivity contribution is 0.0329. The predicted molar refractivity (Wildman–Crippen MR) is 127 cm³/mol. The van der Waals surface area contributed by atoms with Crippen LogP contribution in [0.15, 0.2) is 54.3 Å². The second-order valence-corrected chi connectivity index (χ2v) is 8.74. The number of hydrogen-bond donors (Lipinski definition) is 0. The van der Waals surface area contributed by atoms with Crippen LogP contribution in [0.4, 0.5) is 0 Å². The third kappa shape index (κ3) is 4.88. The molecule has 5 rings (SSSR count). The molecule has 0 spiro atoms. The summed E-state index contributed by atoms with van der Waals surface area (Å²) in [5.74, 6) is 1.78. The van der Waals surface area contributed by atoms with Crippen LogP contribution in [0.2, 0.25) is 0 Å². The maximum absolute atomic E-state index is 13.1. The van der Waals surface area contributed by atoms with Crippen molar-refractivity contribution in [1.29, 1.82) is 0 Å². The molecule has 0 aliphatic carbocycles. The Hall–Kier alpha value is -2.93. The average molecular weight is 447 g/mol. The fourth-order valence-corrected chi connectivity index (χ4v) is 4.59. The van der Waals surface area contributed by atoms with Gasteiger partial charge in [0, 0.05) is 26.2 Å². The number of benzene rings is 2. The van der Waals surface area contributed by atoms with Crippen LogP contribution in [0, 0.1) is 6.92 Å². The van der Waals surface area contributed by atoms with Crippen LogP contribution in [-0.2, 0) is 11.3 Å². The SMILES string of the molecule is Cc1cc2c(c3c1C(=O)/C(=C/C=C/c1ccccc1)O3)CN(CCCN1CCOCC1)CO2. The van der Waals surface area contributed by atoms with Crippen molar-refractivity contribution in [3.63, 3.8) is 0 Å². The lowest BCUT2D eigenvalue weighted by Crippen LogP contribution is -2.39. The molecule has 0 amide bonds. The van der Waals surface area contributed by atoms with E-state index in [4.69, 9.17) is 14.2 Å². The fourth-order valence-electron chi connectivity index (χ4n) is 4.59. The third-order valence-corrected chi connectivity index (χ3v) is 6.38. The minimum Gasteiger partial charge on any atom is -0.478 e. The molecule has 0 unspecified atom stereocenters. The van der Waals surface area contributed by atoms with E-state index in [-0.39, 0.29) is 5.78 Å². The first kappa shape index (κ1) is 21.9. The Balaban J connectivity index is 1.28. The Kier molecular flexibility index (Phi) is 6.58. The quantitative estimate of drug-likeness (QED) is 0.625. The van der Waals surface area contributed by atoms with E-state index in [1.54, 1.807) is 6.08 Å². The van der Waals surface area contributed by atoms with E-state index in [0.717, 1.165) is 74.8 Å². The summed E-state index contributed by atoms with van der Waals surface area (Å²) < 4.78 is 17.6. The van der Waals surface area contributed by atoms with E-state index >= 15 is 0 Å². The van der Waals surface area contributed by atoms with Gasteiger partial charge in [-0.3, -0.25) is 14.6 Å². The highest BCUT2D eigenvalue weighted by Gasteiger charge is 2.35. The molecule has 3 aliphatic rings. The molecular weight excluding hydrogens is 416 g/mol. The standard InChI is InChI=1S/C27H30N2O4/c1-20-17-24-22(18-29(19-32-24)12-6-11-28-13-15-31-16-14-28)27-25(20)26(30)23(33-27)10-5-9-21-7-3-2-4-8-21/h2-5,7-10,17H,6,11-16,18-19H2,1H3/b9-5+,23-10-. The van der Waals surface area contributed by atoms with Gasteiger partial charge in [0.15, 0.2) is 5.76 Å². The Morgan fingerprint density at radius 2 is 1.85 bits per heavy atom. The van der Waals surface area contributed by atoms with Gasteiger partial charge in [-0.05, 0) is 43.2 Å². The van der Waals surface area contributed by atoms with E-state index in [1.807, 2.05) is 55.5 Å². The molecule has 0 aromatic heterocycles. The molecule has 0 saturated carbocycles. The monoisotopic (exact) mass is 446 g/mol. The van der Waals surface area contributed by atoms with E-state index in [2.05, 4.69) is 9.80 Å². The normalized spacial score (nSPS) is 20.0. The number of morpholine rings is 1. The molecule has 33 heavy (non-hydrogen) atoms. The zero-order chi connectivity index (χ0) is 22.6. The van der Waals surface area contributed by atoms with Crippen molar-refractivity contribution in [2.45, 2.75) is 19.9 Å². The number of allylic oxidation sites excluding steroid dienone is 3. The molecule has 1 saturated heterocycles. The highest BCUT2D eigenvalue weighted by molar-refractivity contribution is 6.14. The summed E-state index contributed by atoms with van der Waals surface area (Å²) in [7, 11) is 0. The topological polar surface area (TPSA) is 51.2 Å². The predicted octanol–water partition coefficient (Wildman–Crippen LogP) is 4.04. The van der Waals surface area contributed by atoms with Crippen LogP contribution < -0.4 is 9.47 Å². The number of carbonyl (C=O) groups excluding carboxylic acids is 1. The maximum Gasteiger partial charge on any atom is 0.232 e. The lowest BCUT2D eigenvalue weighted by atomic mass is 9.99. The molecule has 2 aromatic rings. The molecular formula is C27H30N2O4. The van der Waals surface area contributed by atoms with Gasteiger partial charge < -0.3 is 14.2 Å². The van der Waals surface area contributed by atoms with Crippen molar-refractivity contribution < 1.29 is 19.0 Å². The summed E-state index contributed by atoms with van der Waals surface area (Å²) in [4.78, 5) is 17.8. The van der Waals surface area contributed by atoms with Crippen molar-refractivity contribution >= 4 is 11.9 Å². The summed E-state index contributed by atoms with van der Waals surface area (Å²) in [6, 6.07) is 12.0. The molecule has 0 N–H and O–H groups in total. The highest BCUT2D eigenvalue weighted by Crippen LogP contribution is 2.43. The zero-order valence-electron chi connectivity index (χ0n) is 19.1. The van der Waals surface area contributed by atoms with Crippen molar-refractivity contribution in [2.24, 2.45) is 0 Å². The highest BCUT2D eigenvalue weighted by atomic mass is 16.5. The summed E-state index contributed by atoms with van der Waals surface area (Å²) in [6.07, 6.45) is 6.66.